The summed E-state index contributed by atoms with van der Waals surface area (Å²) in [5.74, 6) is 1.75. The first kappa shape index (κ1) is 26.0. The number of para-hydroxylation sites is 2. The van der Waals surface area contributed by atoms with Gasteiger partial charge in [-0.2, -0.15) is 4.31 Å². The Balaban J connectivity index is 1.33. The molecule has 1 fully saturated rings. The van der Waals surface area contributed by atoms with Crippen LogP contribution >= 0.6 is 0 Å². The summed E-state index contributed by atoms with van der Waals surface area (Å²) in [4.78, 5) is 12.0. The Kier molecular flexibility index (Phi) is 7.55. The molecule has 3 aromatic carbocycles. The van der Waals surface area contributed by atoms with Gasteiger partial charge in [0, 0.05) is 43.7 Å². The lowest BCUT2D eigenvalue weighted by Crippen LogP contribution is -2.49. The van der Waals surface area contributed by atoms with Crippen molar-refractivity contribution in [2.75, 3.05) is 38.6 Å². The zero-order valence-electron chi connectivity index (χ0n) is 21.3. The molecule has 10 heteroatoms. The zero-order chi connectivity index (χ0) is 26.7. The molecule has 5 rings (SSSR count). The zero-order valence-corrected chi connectivity index (χ0v) is 22.2. The first-order valence-corrected chi connectivity index (χ1v) is 13.9. The van der Waals surface area contributed by atoms with Crippen LogP contribution in [-0.2, 0) is 16.6 Å². The molecule has 1 unspecified atom stereocenters. The maximum absolute atomic E-state index is 13.3. The molecule has 4 aromatic rings. The van der Waals surface area contributed by atoms with Crippen molar-refractivity contribution < 1.29 is 17.5 Å². The van der Waals surface area contributed by atoms with Crippen LogP contribution in [0.2, 0.25) is 0 Å². The molecule has 2 heterocycles. The topological polar surface area (TPSA) is 87.7 Å². The van der Waals surface area contributed by atoms with Gasteiger partial charge < -0.3 is 10.1 Å². The van der Waals surface area contributed by atoms with Gasteiger partial charge in [0.05, 0.1) is 23.6 Å². The molecule has 0 aliphatic carbocycles. The van der Waals surface area contributed by atoms with Crippen LogP contribution in [0.15, 0.2) is 77.7 Å². The average Bonchev–Trinajstić information content (AvgIpc) is 2.95. The molecule has 1 N–H and O–H groups in total. The number of hydrogen-bond acceptors (Lipinski definition) is 7. The van der Waals surface area contributed by atoms with Crippen LogP contribution in [0.4, 0.5) is 10.2 Å². The number of ether oxygens (including phenoxy) is 1. The second-order valence-electron chi connectivity index (χ2n) is 9.18. The Hall–Kier alpha value is -3.60. The van der Waals surface area contributed by atoms with Crippen LogP contribution < -0.4 is 10.1 Å². The highest BCUT2D eigenvalue weighted by atomic mass is 32.2. The van der Waals surface area contributed by atoms with E-state index in [1.54, 1.807) is 7.11 Å². The van der Waals surface area contributed by atoms with E-state index in [9.17, 15) is 12.8 Å². The van der Waals surface area contributed by atoms with Crippen LogP contribution in [0.1, 0.15) is 24.4 Å². The van der Waals surface area contributed by atoms with Gasteiger partial charge in [-0.25, -0.2) is 22.8 Å². The molecule has 1 aliphatic heterocycles. The molecule has 0 saturated carbocycles. The second-order valence-corrected chi connectivity index (χ2v) is 11.1. The monoisotopic (exact) mass is 535 g/mol. The molecule has 1 aromatic heterocycles. The van der Waals surface area contributed by atoms with Gasteiger partial charge in [-0.3, -0.25) is 4.90 Å². The minimum atomic E-state index is -3.68. The Morgan fingerprint density at radius 2 is 1.63 bits per heavy atom. The van der Waals surface area contributed by atoms with Crippen molar-refractivity contribution in [1.29, 1.82) is 0 Å². The summed E-state index contributed by atoms with van der Waals surface area (Å²) < 4.78 is 46.2. The largest absolute Gasteiger partial charge is 0.496 e. The third kappa shape index (κ3) is 5.33. The predicted molar refractivity (Wildman–Crippen MR) is 145 cm³/mol. The Morgan fingerprint density at radius 3 is 2.37 bits per heavy atom. The van der Waals surface area contributed by atoms with Gasteiger partial charge in [0.2, 0.25) is 10.0 Å². The summed E-state index contributed by atoms with van der Waals surface area (Å²) >= 11 is 0. The third-order valence-electron chi connectivity index (χ3n) is 6.91. The molecule has 0 spiro atoms. The van der Waals surface area contributed by atoms with Crippen LogP contribution in [0.3, 0.4) is 0 Å². The van der Waals surface area contributed by atoms with E-state index in [1.165, 1.54) is 28.6 Å². The number of nitrogens with zero attached hydrogens (tertiary/aromatic N) is 4. The average molecular weight is 536 g/mol. The van der Waals surface area contributed by atoms with E-state index in [0.717, 1.165) is 28.0 Å². The number of sulfonamides is 1. The maximum atomic E-state index is 13.3. The fraction of sp³-hybridized carbons (Fsp3) is 0.286. The van der Waals surface area contributed by atoms with E-state index in [1.807, 2.05) is 55.5 Å². The van der Waals surface area contributed by atoms with Crippen LogP contribution in [0.5, 0.6) is 5.75 Å². The van der Waals surface area contributed by atoms with Crippen molar-refractivity contribution in [3.05, 3.63) is 90.0 Å². The van der Waals surface area contributed by atoms with E-state index in [2.05, 4.69) is 10.2 Å². The number of halogens is 1. The van der Waals surface area contributed by atoms with Gasteiger partial charge in [0.15, 0.2) is 0 Å². The normalized spacial score (nSPS) is 15.9. The van der Waals surface area contributed by atoms with E-state index in [-0.39, 0.29) is 10.9 Å². The van der Waals surface area contributed by atoms with Crippen molar-refractivity contribution in [3.63, 3.8) is 0 Å². The molecule has 198 valence electrons. The number of hydrogen-bond donors (Lipinski definition) is 1. The van der Waals surface area contributed by atoms with Crippen LogP contribution in [0.25, 0.3) is 10.9 Å². The summed E-state index contributed by atoms with van der Waals surface area (Å²) in [6.07, 6.45) is 0. The molecule has 1 saturated heterocycles. The number of fused-ring (bicyclic) bond motifs is 1. The fourth-order valence-electron chi connectivity index (χ4n) is 4.69. The second kappa shape index (κ2) is 11.0. The number of aromatic nitrogens is 2. The van der Waals surface area contributed by atoms with Gasteiger partial charge in [-0.15, -0.1) is 0 Å². The molecular formula is C28H30FN5O3S. The maximum Gasteiger partial charge on any atom is 0.243 e. The summed E-state index contributed by atoms with van der Waals surface area (Å²) in [5, 5.41) is 4.39. The standard InChI is InChI=1S/C28H30FN5O3S/c1-20(33-15-17-34(18-16-33)38(35,36)23-13-11-22(29)12-14-23)27-31-25-9-5-4-8-24(25)28(32-27)30-19-21-7-3-6-10-26(21)37-2/h3-14,20H,15-19H2,1-2H3,(H,30,31,32). The predicted octanol–water partition coefficient (Wildman–Crippen LogP) is 4.46. The number of methoxy groups -OCH3 is 1. The number of nitrogens with one attached hydrogen (secondary N) is 1. The number of benzene rings is 3. The Bertz CT molecular complexity index is 1520. The SMILES string of the molecule is COc1ccccc1CNc1nc(C(C)N2CCN(S(=O)(=O)c3ccc(F)cc3)CC2)nc2ccccc12. The Morgan fingerprint density at radius 1 is 0.947 bits per heavy atom. The van der Waals surface area contributed by atoms with Crippen molar-refractivity contribution in [2.45, 2.75) is 24.4 Å². The van der Waals surface area contributed by atoms with Crippen molar-refractivity contribution in [3.8, 4) is 5.75 Å². The fourth-order valence-corrected chi connectivity index (χ4v) is 6.12. The quantitative estimate of drug-likeness (QED) is 0.357. The van der Waals surface area contributed by atoms with Gasteiger partial charge in [0.1, 0.15) is 23.2 Å². The van der Waals surface area contributed by atoms with Crippen LogP contribution in [-0.4, -0.2) is 60.9 Å². The summed E-state index contributed by atoms with van der Waals surface area (Å²) in [6, 6.07) is 20.6. The smallest absolute Gasteiger partial charge is 0.243 e. The van der Waals surface area contributed by atoms with Crippen molar-refractivity contribution in [2.24, 2.45) is 0 Å². The van der Waals surface area contributed by atoms with E-state index in [0.29, 0.717) is 38.5 Å². The minimum absolute atomic E-state index is 0.101. The van der Waals surface area contributed by atoms with Crippen molar-refractivity contribution in [1.82, 2.24) is 19.2 Å². The van der Waals surface area contributed by atoms with Crippen LogP contribution in [0, 0.1) is 5.82 Å². The van der Waals surface area contributed by atoms with Gasteiger partial charge in [-0.1, -0.05) is 30.3 Å². The molecule has 1 atom stereocenters. The van der Waals surface area contributed by atoms with Gasteiger partial charge >= 0.3 is 0 Å². The molecule has 0 bridgehead atoms. The van der Waals surface area contributed by atoms with E-state index >= 15 is 0 Å². The minimum Gasteiger partial charge on any atom is -0.496 e. The molecule has 1 aliphatic rings. The molecule has 8 nitrogen and oxygen atoms in total. The summed E-state index contributed by atoms with van der Waals surface area (Å²) in [7, 11) is -2.02. The van der Waals surface area contributed by atoms with E-state index < -0.39 is 15.8 Å². The molecule has 38 heavy (non-hydrogen) atoms. The van der Waals surface area contributed by atoms with Gasteiger partial charge in [0.25, 0.3) is 0 Å². The molecule has 0 radical (unpaired) electrons. The number of rotatable bonds is 8. The number of piperazine rings is 1. The Labute approximate surface area is 222 Å². The third-order valence-corrected chi connectivity index (χ3v) is 8.82. The lowest BCUT2D eigenvalue weighted by atomic mass is 10.1. The first-order chi connectivity index (χ1) is 18.4. The lowest BCUT2D eigenvalue weighted by molar-refractivity contribution is 0.141. The summed E-state index contributed by atoms with van der Waals surface area (Å²) in [6.45, 7) is 4.30. The molecular weight excluding hydrogens is 505 g/mol. The first-order valence-electron chi connectivity index (χ1n) is 12.5. The van der Waals surface area contributed by atoms with Gasteiger partial charge in [-0.05, 0) is 49.4 Å². The summed E-state index contributed by atoms with van der Waals surface area (Å²) in [5.41, 5.74) is 1.86. The lowest BCUT2D eigenvalue weighted by Gasteiger charge is -2.36. The van der Waals surface area contributed by atoms with Crippen molar-refractivity contribution >= 4 is 26.7 Å². The van der Waals surface area contributed by atoms with E-state index in [4.69, 9.17) is 14.7 Å². The highest BCUT2D eigenvalue weighted by molar-refractivity contribution is 7.89. The number of anilines is 1. The highest BCUT2D eigenvalue weighted by Gasteiger charge is 2.31. The molecule has 0 amide bonds. The highest BCUT2D eigenvalue weighted by Crippen LogP contribution is 2.28.